The van der Waals surface area contributed by atoms with Crippen LogP contribution in [0.4, 0.5) is 22.7 Å². The summed E-state index contributed by atoms with van der Waals surface area (Å²) in [7, 11) is -22.0. The van der Waals surface area contributed by atoms with Crippen LogP contribution < -0.4 is 11.5 Å². The Labute approximate surface area is 344 Å². The number of rotatable bonds is 13. The van der Waals surface area contributed by atoms with Crippen LogP contribution in [-0.4, -0.2) is 116 Å². The second kappa shape index (κ2) is 22.7. The number of nitrogen functional groups attached to an aromatic ring is 1. The molecule has 0 saturated carbocycles. The Hall–Kier alpha value is -5.51. The van der Waals surface area contributed by atoms with Gasteiger partial charge < -0.3 is 21.7 Å². The largest absolute Gasteiger partial charge is 0.425 e. The zero-order chi connectivity index (χ0) is 46.2. The third-order valence-electron chi connectivity index (χ3n) is 6.81. The summed E-state index contributed by atoms with van der Waals surface area (Å²) in [5, 5.41) is 32.6. The Morgan fingerprint density at radius 3 is 1.63 bits per heavy atom. The number of primary amides is 1. The van der Waals surface area contributed by atoms with Gasteiger partial charge in [-0.25, -0.2) is 16.8 Å². The van der Waals surface area contributed by atoms with Crippen LogP contribution in [0.1, 0.15) is 5.56 Å². The molecule has 0 fully saturated rings. The van der Waals surface area contributed by atoms with Gasteiger partial charge in [-0.3, -0.25) is 13.9 Å². The van der Waals surface area contributed by atoms with Crippen molar-refractivity contribution in [2.45, 2.75) is 26.0 Å². The van der Waals surface area contributed by atoms with Crippen LogP contribution >= 0.6 is 0 Å². The fourth-order valence-electron chi connectivity index (χ4n) is 4.54. The minimum atomic E-state index is -4.81. The van der Waals surface area contributed by atoms with Crippen LogP contribution in [0.2, 0.25) is 0 Å². The summed E-state index contributed by atoms with van der Waals surface area (Å²) in [6.45, 7) is -1.17. The van der Waals surface area contributed by atoms with Crippen molar-refractivity contribution in [1.82, 2.24) is 0 Å². The Bertz CT molecular complexity index is 2940. The third kappa shape index (κ3) is 16.6. The Morgan fingerprint density at radius 1 is 0.667 bits per heavy atom. The molecule has 0 atom stereocenters. The lowest BCUT2D eigenvalue weighted by molar-refractivity contribution is -0.117. The molecule has 1 amide bonds. The first-order valence-corrected chi connectivity index (χ1v) is 23.5. The first-order valence-electron chi connectivity index (χ1n) is 15.4. The van der Waals surface area contributed by atoms with Crippen LogP contribution in [0.5, 0.6) is 0 Å². The molecule has 31 heteroatoms. The molecule has 8 N–H and O–H groups in total. The van der Waals surface area contributed by atoms with Crippen LogP contribution in [0.25, 0.3) is 10.8 Å². The van der Waals surface area contributed by atoms with Gasteiger partial charge in [-0.1, -0.05) is 24.3 Å². The molecule has 0 aromatic heterocycles. The fraction of sp³-hybridized carbons (Fsp3) is 0.207. The van der Waals surface area contributed by atoms with Crippen LogP contribution in [0, 0.1) is 0 Å². The van der Waals surface area contributed by atoms with Crippen molar-refractivity contribution in [2.75, 3.05) is 37.5 Å². The van der Waals surface area contributed by atoms with Gasteiger partial charge in [0.25, 0.3) is 20.2 Å². The fourth-order valence-corrected chi connectivity index (χ4v) is 8.21. The van der Waals surface area contributed by atoms with E-state index < -0.39 is 102 Å². The molecule has 4 aromatic carbocycles. The van der Waals surface area contributed by atoms with Gasteiger partial charge in [0, 0.05) is 12.4 Å². The maximum absolute atomic E-state index is 12.2. The second-order valence-electron chi connectivity index (χ2n) is 10.9. The quantitative estimate of drug-likeness (QED) is 0.0595. The van der Waals surface area contributed by atoms with Gasteiger partial charge in [-0.05, 0) is 53.4 Å². The zero-order valence-electron chi connectivity index (χ0n) is 30.2. The van der Waals surface area contributed by atoms with E-state index in [1.165, 1.54) is 43.4 Å². The molecule has 4 rings (SSSR count). The van der Waals surface area contributed by atoms with E-state index in [9.17, 15) is 43.0 Å². The Balaban J connectivity index is 0.000000560. The molecular weight excluding hydrogens is 929 g/mol. The molecule has 0 radical (unpaired) electrons. The number of aliphatic hydroxyl groups is 2. The van der Waals surface area contributed by atoms with Gasteiger partial charge in [-0.2, -0.15) is 27.1 Å². The van der Waals surface area contributed by atoms with Gasteiger partial charge in [-0.15, -0.1) is 35.5 Å². The molecule has 0 aliphatic heterocycles. The zero-order valence-corrected chi connectivity index (χ0v) is 35.1. The Kier molecular flexibility index (Phi) is 19.9. The summed E-state index contributed by atoms with van der Waals surface area (Å²) < 4.78 is 164. The van der Waals surface area contributed by atoms with Crippen LogP contribution in [-0.2, 0) is 72.3 Å². The van der Waals surface area contributed by atoms with Gasteiger partial charge in [0.15, 0.2) is 19.7 Å². The number of hydrogen-bond donors (Lipinski definition) is 6. The minimum absolute atomic E-state index is 0.00953. The predicted molar refractivity (Wildman–Crippen MR) is 206 cm³/mol. The molecule has 328 valence electrons. The molecular formula is C29H32N6O19S6. The molecule has 4 aromatic rings. The van der Waals surface area contributed by atoms with Crippen molar-refractivity contribution in [3.05, 3.63) is 72.3 Å². The molecule has 0 saturated heterocycles. The number of nitrogens with zero attached hydrogens (tertiary/aromatic N) is 4. The lowest BCUT2D eigenvalue weighted by atomic mass is 10.1. The molecule has 0 bridgehead atoms. The van der Waals surface area contributed by atoms with E-state index in [0.29, 0.717) is 5.56 Å². The summed E-state index contributed by atoms with van der Waals surface area (Å²) in [6.07, 6.45) is -0.173. The molecule has 60 heavy (non-hydrogen) atoms. The topological polar surface area (TPSA) is 438 Å². The van der Waals surface area contributed by atoms with E-state index in [1.807, 2.05) is 0 Å². The van der Waals surface area contributed by atoms with Crippen LogP contribution in [0.15, 0.2) is 107 Å². The molecule has 0 aliphatic rings. The van der Waals surface area contributed by atoms with Gasteiger partial charge in [0.1, 0.15) is 26.9 Å². The standard InChI is InChI=1S/C20H20N4O7S2.C9H12N2O6S2.2O3S/c21-16-3-1-2-13(11-18(22)26)19(16)24-23-17-7-4-12-10-14(32(27,28)9-8-25)5-6-15(12)20(17)33(29,30)31;1-10-11-8-3-2-7(18(13,14)5-4-12)6-9(8)19(15,16)17;2*1-4(2)3/h1-7,10,25H,8-9,11,21H2,(H2,22,26)(H,29,30,31);2-3,6,12H,4-5H2,1H3,(H,15,16,17);;. The van der Waals surface area contributed by atoms with Crippen molar-refractivity contribution >= 4 is 101 Å². The van der Waals surface area contributed by atoms with E-state index in [1.54, 1.807) is 12.1 Å². The molecule has 0 spiro atoms. The molecule has 0 unspecified atom stereocenters. The van der Waals surface area contributed by atoms with E-state index in [2.05, 4.69) is 20.5 Å². The molecule has 25 nitrogen and oxygen atoms in total. The lowest BCUT2D eigenvalue weighted by Crippen LogP contribution is -2.13. The highest BCUT2D eigenvalue weighted by Gasteiger charge is 2.23. The van der Waals surface area contributed by atoms with E-state index in [0.717, 1.165) is 18.2 Å². The second-order valence-corrected chi connectivity index (χ2v) is 18.7. The van der Waals surface area contributed by atoms with E-state index in [4.69, 9.17) is 51.5 Å². The third-order valence-corrected chi connectivity index (χ3v) is 12.0. The normalized spacial score (nSPS) is 11.8. The number of carbonyl (C=O) groups is 1. The lowest BCUT2D eigenvalue weighted by Gasteiger charge is -2.10. The number of sulfone groups is 2. The molecule has 0 heterocycles. The minimum Gasteiger partial charge on any atom is -0.397 e. The number of aliphatic hydroxyl groups excluding tert-OH is 2. The smallest absolute Gasteiger partial charge is 0.397 e. The van der Waals surface area contributed by atoms with E-state index in [-0.39, 0.29) is 49.7 Å². The highest BCUT2D eigenvalue weighted by Crippen LogP contribution is 2.36. The van der Waals surface area contributed by atoms with Gasteiger partial charge >= 0.3 is 21.2 Å². The monoisotopic (exact) mass is 960 g/mol. The summed E-state index contributed by atoms with van der Waals surface area (Å²) in [5.74, 6) is -1.68. The van der Waals surface area contributed by atoms with Crippen LogP contribution in [0.3, 0.4) is 0 Å². The number of benzene rings is 4. The van der Waals surface area contributed by atoms with Crippen molar-refractivity contribution in [1.29, 1.82) is 0 Å². The highest BCUT2D eigenvalue weighted by atomic mass is 32.2. The van der Waals surface area contributed by atoms with Crippen molar-refractivity contribution < 1.29 is 83.0 Å². The predicted octanol–water partition coefficient (Wildman–Crippen LogP) is 0.283. The number of azo groups is 2. The first-order chi connectivity index (χ1) is 27.6. The molecule has 0 aliphatic carbocycles. The number of hydrogen-bond acceptors (Lipinski definition) is 22. The highest BCUT2D eigenvalue weighted by molar-refractivity contribution is 7.91. The first kappa shape index (κ1) is 52.5. The SMILES string of the molecule is CN=Nc1ccc(S(=O)(=O)CCO)cc1S(=O)(=O)O.NC(=O)Cc1cccc(N)c1N=Nc1ccc2cc(S(=O)(=O)CCO)ccc2c1S(=O)(=O)O.O=S(=O)=O.O=S(=O)=O. The van der Waals surface area contributed by atoms with Gasteiger partial charge in [0.05, 0.1) is 46.6 Å². The summed E-state index contributed by atoms with van der Waals surface area (Å²) >= 11 is 0. The van der Waals surface area contributed by atoms with Crippen molar-refractivity contribution in [3.8, 4) is 0 Å². The Morgan fingerprint density at radius 2 is 1.17 bits per heavy atom. The average Bonchev–Trinajstić information content (AvgIpc) is 3.10. The number of anilines is 1. The van der Waals surface area contributed by atoms with Crippen molar-refractivity contribution in [2.24, 2.45) is 26.2 Å². The maximum Gasteiger partial charge on any atom is 0.425 e. The number of carbonyl (C=O) groups excluding carboxylic acids is 1. The number of nitrogens with two attached hydrogens (primary N) is 2. The maximum atomic E-state index is 12.2. The summed E-state index contributed by atoms with van der Waals surface area (Å²) in [5.41, 5.74) is 11.4. The van der Waals surface area contributed by atoms with E-state index >= 15 is 0 Å². The van der Waals surface area contributed by atoms with Gasteiger partial charge in [0.2, 0.25) is 5.91 Å². The summed E-state index contributed by atoms with van der Waals surface area (Å²) in [4.78, 5) is 9.63. The number of fused-ring (bicyclic) bond motifs is 1. The van der Waals surface area contributed by atoms with Crippen molar-refractivity contribution in [3.63, 3.8) is 0 Å². The summed E-state index contributed by atoms with van der Waals surface area (Å²) in [6, 6.07) is 14.0. The number of amides is 1. The average molecular weight is 961 g/mol.